The van der Waals surface area contributed by atoms with Gasteiger partial charge in [0.05, 0.1) is 18.9 Å². The highest BCUT2D eigenvalue weighted by Crippen LogP contribution is 2.16. The summed E-state index contributed by atoms with van der Waals surface area (Å²) >= 11 is 0. The van der Waals surface area contributed by atoms with Crippen molar-refractivity contribution in [1.29, 1.82) is 0 Å². The highest BCUT2D eigenvalue weighted by molar-refractivity contribution is 5.91. The highest BCUT2D eigenvalue weighted by atomic mass is 16.6. The molecule has 7 heteroatoms. The molecule has 0 atom stereocenters. The van der Waals surface area contributed by atoms with E-state index in [1.807, 2.05) is 0 Å². The standard InChI is InChI=1S/C12H10N2O5/c15-11(13-8-10-2-1-7-18-10)5-3-9-4-6-12(19-9)14(16)17/h1-7H,8H2,(H,13,15). The zero-order valence-corrected chi connectivity index (χ0v) is 9.74. The molecule has 0 aliphatic heterocycles. The van der Waals surface area contributed by atoms with E-state index in [0.29, 0.717) is 5.76 Å². The maximum Gasteiger partial charge on any atom is 0.433 e. The van der Waals surface area contributed by atoms with Gasteiger partial charge in [0.1, 0.15) is 16.4 Å². The fourth-order valence-electron chi connectivity index (χ4n) is 1.33. The van der Waals surface area contributed by atoms with E-state index in [1.165, 1.54) is 30.5 Å². The Morgan fingerprint density at radius 3 is 2.89 bits per heavy atom. The Labute approximate surface area is 107 Å². The van der Waals surface area contributed by atoms with E-state index in [2.05, 4.69) is 5.32 Å². The first-order valence-electron chi connectivity index (χ1n) is 5.37. The lowest BCUT2D eigenvalue weighted by Gasteiger charge is -1.97. The van der Waals surface area contributed by atoms with Gasteiger partial charge in [0.25, 0.3) is 0 Å². The molecule has 98 valence electrons. The summed E-state index contributed by atoms with van der Waals surface area (Å²) < 4.78 is 9.91. The number of nitrogens with one attached hydrogen (secondary N) is 1. The lowest BCUT2D eigenvalue weighted by Crippen LogP contribution is -2.19. The van der Waals surface area contributed by atoms with Gasteiger partial charge in [-0.1, -0.05) is 0 Å². The van der Waals surface area contributed by atoms with E-state index in [0.717, 1.165) is 0 Å². The summed E-state index contributed by atoms with van der Waals surface area (Å²) in [7, 11) is 0. The minimum atomic E-state index is -0.645. The fourth-order valence-corrected chi connectivity index (χ4v) is 1.33. The van der Waals surface area contributed by atoms with E-state index >= 15 is 0 Å². The SMILES string of the molecule is O=C(C=Cc1ccc([N+](=O)[O-])o1)NCc1ccco1. The van der Waals surface area contributed by atoms with E-state index in [1.54, 1.807) is 12.1 Å². The van der Waals surface area contributed by atoms with Gasteiger partial charge < -0.3 is 14.2 Å². The number of nitro groups is 1. The van der Waals surface area contributed by atoms with Gasteiger partial charge in [0.15, 0.2) is 0 Å². The molecule has 2 rings (SSSR count). The second kappa shape index (κ2) is 5.67. The van der Waals surface area contributed by atoms with Crippen LogP contribution in [0.1, 0.15) is 11.5 Å². The molecule has 0 aliphatic carbocycles. The van der Waals surface area contributed by atoms with Gasteiger partial charge in [-0.3, -0.25) is 14.9 Å². The number of nitrogens with zero attached hydrogens (tertiary/aromatic N) is 1. The molecule has 1 amide bonds. The maximum atomic E-state index is 11.4. The third kappa shape index (κ3) is 3.56. The second-order valence-corrected chi connectivity index (χ2v) is 3.56. The van der Waals surface area contributed by atoms with Crippen LogP contribution >= 0.6 is 0 Å². The van der Waals surface area contributed by atoms with Crippen LogP contribution in [0.4, 0.5) is 5.88 Å². The molecule has 0 saturated heterocycles. The van der Waals surface area contributed by atoms with Gasteiger partial charge in [0.2, 0.25) is 5.91 Å². The summed E-state index contributed by atoms with van der Waals surface area (Å²) in [5.41, 5.74) is 0. The highest BCUT2D eigenvalue weighted by Gasteiger charge is 2.10. The molecular formula is C12H10N2O5. The predicted molar refractivity (Wildman–Crippen MR) is 65.0 cm³/mol. The number of furan rings is 2. The van der Waals surface area contributed by atoms with Crippen LogP contribution in [0.15, 0.2) is 45.4 Å². The van der Waals surface area contributed by atoms with Crippen LogP contribution in [0.2, 0.25) is 0 Å². The molecule has 0 saturated carbocycles. The Morgan fingerprint density at radius 1 is 1.42 bits per heavy atom. The molecule has 0 radical (unpaired) electrons. The third-order valence-electron chi connectivity index (χ3n) is 2.21. The molecule has 19 heavy (non-hydrogen) atoms. The van der Waals surface area contributed by atoms with Gasteiger partial charge in [-0.15, -0.1) is 0 Å². The minimum Gasteiger partial charge on any atom is -0.467 e. The molecule has 0 spiro atoms. The van der Waals surface area contributed by atoms with Crippen LogP contribution in [0, 0.1) is 10.1 Å². The molecular weight excluding hydrogens is 252 g/mol. The van der Waals surface area contributed by atoms with E-state index < -0.39 is 4.92 Å². The maximum absolute atomic E-state index is 11.4. The minimum absolute atomic E-state index is 0.236. The number of hydrogen-bond acceptors (Lipinski definition) is 5. The van der Waals surface area contributed by atoms with Gasteiger partial charge >= 0.3 is 5.88 Å². The molecule has 0 aromatic carbocycles. The molecule has 0 bridgehead atoms. The van der Waals surface area contributed by atoms with Crippen molar-refractivity contribution in [3.8, 4) is 0 Å². The van der Waals surface area contributed by atoms with Crippen molar-refractivity contribution in [2.75, 3.05) is 0 Å². The van der Waals surface area contributed by atoms with E-state index in [9.17, 15) is 14.9 Å². The Morgan fingerprint density at radius 2 is 2.26 bits per heavy atom. The van der Waals surface area contributed by atoms with Gasteiger partial charge in [-0.25, -0.2) is 0 Å². The summed E-state index contributed by atoms with van der Waals surface area (Å²) in [6.07, 6.45) is 4.09. The van der Waals surface area contributed by atoms with E-state index in [4.69, 9.17) is 8.83 Å². The number of amides is 1. The van der Waals surface area contributed by atoms with Crippen molar-refractivity contribution in [3.05, 3.63) is 58.2 Å². The number of rotatable bonds is 5. The first-order chi connectivity index (χ1) is 9.15. The van der Waals surface area contributed by atoms with Gasteiger partial charge in [-0.2, -0.15) is 0 Å². The predicted octanol–water partition coefficient (Wildman–Crippen LogP) is 2.11. The van der Waals surface area contributed by atoms with Crippen LogP contribution in [0.3, 0.4) is 0 Å². The summed E-state index contributed by atoms with van der Waals surface area (Å²) in [5, 5.41) is 13.0. The lowest BCUT2D eigenvalue weighted by molar-refractivity contribution is -0.402. The molecule has 0 unspecified atom stereocenters. The Hall–Kier alpha value is -2.83. The first kappa shape index (κ1) is 12.6. The van der Waals surface area contributed by atoms with Gasteiger partial charge in [-0.05, 0) is 24.3 Å². The molecule has 2 aromatic rings. The normalized spacial score (nSPS) is 10.7. The van der Waals surface area contributed by atoms with Crippen LogP contribution in [-0.2, 0) is 11.3 Å². The number of carbonyl (C=O) groups is 1. The van der Waals surface area contributed by atoms with Crippen LogP contribution in [0.5, 0.6) is 0 Å². The zero-order valence-electron chi connectivity index (χ0n) is 9.74. The average molecular weight is 262 g/mol. The fraction of sp³-hybridized carbons (Fsp3) is 0.0833. The smallest absolute Gasteiger partial charge is 0.433 e. The Bertz CT molecular complexity index is 597. The summed E-state index contributed by atoms with van der Waals surface area (Å²) in [6, 6.07) is 6.09. The zero-order chi connectivity index (χ0) is 13.7. The molecule has 2 heterocycles. The quantitative estimate of drug-likeness (QED) is 0.505. The van der Waals surface area contributed by atoms with E-state index in [-0.39, 0.29) is 24.1 Å². The van der Waals surface area contributed by atoms with Crippen molar-refractivity contribution < 1.29 is 18.6 Å². The second-order valence-electron chi connectivity index (χ2n) is 3.56. The van der Waals surface area contributed by atoms with Crippen molar-refractivity contribution in [2.24, 2.45) is 0 Å². The van der Waals surface area contributed by atoms with Crippen molar-refractivity contribution >= 4 is 17.9 Å². The molecule has 0 fully saturated rings. The molecule has 1 N–H and O–H groups in total. The Balaban J connectivity index is 1.87. The summed E-state index contributed by atoms with van der Waals surface area (Å²) in [5.74, 6) is 0.154. The monoisotopic (exact) mass is 262 g/mol. The lowest BCUT2D eigenvalue weighted by atomic mass is 10.3. The van der Waals surface area contributed by atoms with Crippen LogP contribution in [0.25, 0.3) is 6.08 Å². The van der Waals surface area contributed by atoms with Gasteiger partial charge in [0, 0.05) is 6.08 Å². The Kier molecular flexibility index (Phi) is 3.77. The summed E-state index contributed by atoms with van der Waals surface area (Å²) in [6.45, 7) is 0.272. The number of carbonyl (C=O) groups excluding carboxylic acids is 1. The summed E-state index contributed by atoms with van der Waals surface area (Å²) in [4.78, 5) is 21.2. The van der Waals surface area contributed by atoms with Crippen molar-refractivity contribution in [3.63, 3.8) is 0 Å². The van der Waals surface area contributed by atoms with Crippen molar-refractivity contribution in [2.45, 2.75) is 6.54 Å². The topological polar surface area (TPSA) is 98.5 Å². The first-order valence-corrected chi connectivity index (χ1v) is 5.37. The van der Waals surface area contributed by atoms with Crippen molar-refractivity contribution in [1.82, 2.24) is 5.32 Å². The largest absolute Gasteiger partial charge is 0.467 e. The number of hydrogen-bond donors (Lipinski definition) is 1. The molecule has 0 aliphatic rings. The molecule has 7 nitrogen and oxygen atoms in total. The average Bonchev–Trinajstić information content (AvgIpc) is 3.05. The third-order valence-corrected chi connectivity index (χ3v) is 2.21. The van der Waals surface area contributed by atoms with Crippen LogP contribution in [-0.4, -0.2) is 10.8 Å². The van der Waals surface area contributed by atoms with Crippen LogP contribution < -0.4 is 5.32 Å². The molecule has 2 aromatic heterocycles.